The predicted molar refractivity (Wildman–Crippen MR) is 212 cm³/mol. The van der Waals surface area contributed by atoms with Gasteiger partial charge in [-0.25, -0.2) is 0 Å². The molecule has 0 atom stereocenters. The fourth-order valence-corrected chi connectivity index (χ4v) is 7.93. The molecule has 0 saturated heterocycles. The molecule has 52 heavy (non-hydrogen) atoms. The predicted octanol–water partition coefficient (Wildman–Crippen LogP) is 12.6. The Morgan fingerprint density at radius 3 is 1.67 bits per heavy atom. The highest BCUT2D eigenvalue weighted by atomic mass is 16.5. The average molecular weight is 668 g/mol. The fourth-order valence-electron chi connectivity index (χ4n) is 7.93. The standard InChI is InChI=1S/C47H29N3O2/c1-2-10-32(11-3-1)49-42-15-7-4-12-36(42)39-24-30(18-21-44(39)49)31-19-22-45-40(25-31)37-13-5-8-16-43(37)50(45)33-26-35(29-48-28-33)51-34-20-23-47-41(27-34)38-14-6-9-17-46(38)52-47/h1-29H. The van der Waals surface area contributed by atoms with Gasteiger partial charge in [-0.15, -0.1) is 0 Å². The van der Waals surface area contributed by atoms with Crippen LogP contribution in [-0.4, -0.2) is 14.1 Å². The van der Waals surface area contributed by atoms with Crippen molar-refractivity contribution in [3.8, 4) is 34.0 Å². The van der Waals surface area contributed by atoms with Crippen molar-refractivity contribution in [1.82, 2.24) is 14.1 Å². The van der Waals surface area contributed by atoms with Crippen molar-refractivity contribution >= 4 is 65.6 Å². The van der Waals surface area contributed by atoms with E-state index < -0.39 is 0 Å². The second kappa shape index (κ2) is 11.2. The maximum atomic E-state index is 6.42. The number of rotatable bonds is 5. The quantitative estimate of drug-likeness (QED) is 0.183. The molecule has 0 aliphatic heterocycles. The summed E-state index contributed by atoms with van der Waals surface area (Å²) in [4.78, 5) is 4.63. The van der Waals surface area contributed by atoms with Crippen molar-refractivity contribution < 1.29 is 9.15 Å². The highest BCUT2D eigenvalue weighted by Crippen LogP contribution is 2.39. The van der Waals surface area contributed by atoms with Crippen molar-refractivity contribution in [1.29, 1.82) is 0 Å². The van der Waals surface area contributed by atoms with E-state index >= 15 is 0 Å². The minimum absolute atomic E-state index is 0.662. The highest BCUT2D eigenvalue weighted by Gasteiger charge is 2.17. The van der Waals surface area contributed by atoms with Crippen LogP contribution < -0.4 is 4.74 Å². The van der Waals surface area contributed by atoms with E-state index in [1.807, 2.05) is 42.6 Å². The lowest BCUT2D eigenvalue weighted by Gasteiger charge is -2.11. The van der Waals surface area contributed by atoms with Crippen LogP contribution in [0.25, 0.3) is 88.1 Å². The van der Waals surface area contributed by atoms with E-state index in [-0.39, 0.29) is 0 Å². The zero-order valence-electron chi connectivity index (χ0n) is 27.9. The topological polar surface area (TPSA) is 45.1 Å². The third-order valence-electron chi connectivity index (χ3n) is 10.2. The van der Waals surface area contributed by atoms with Gasteiger partial charge in [-0.3, -0.25) is 4.98 Å². The number of fused-ring (bicyclic) bond motifs is 9. The Hall–Kier alpha value is -7.11. The number of nitrogens with zero attached hydrogens (tertiary/aromatic N) is 3. The van der Waals surface area contributed by atoms with Gasteiger partial charge in [-0.1, -0.05) is 84.9 Å². The van der Waals surface area contributed by atoms with Gasteiger partial charge in [0.05, 0.1) is 40.1 Å². The van der Waals surface area contributed by atoms with E-state index in [1.54, 1.807) is 6.20 Å². The first-order valence-electron chi connectivity index (χ1n) is 17.4. The summed E-state index contributed by atoms with van der Waals surface area (Å²) < 4.78 is 17.1. The molecule has 0 unspecified atom stereocenters. The number of ether oxygens (including phenoxy) is 1. The first-order chi connectivity index (χ1) is 25.8. The molecule has 0 fully saturated rings. The van der Waals surface area contributed by atoms with Crippen molar-refractivity contribution in [3.63, 3.8) is 0 Å². The molecule has 5 heteroatoms. The Bertz CT molecular complexity index is 3170. The molecular weight excluding hydrogens is 639 g/mol. The molecule has 11 aromatic rings. The van der Waals surface area contributed by atoms with Crippen LogP contribution in [-0.2, 0) is 0 Å². The van der Waals surface area contributed by atoms with Crippen LogP contribution in [0.3, 0.4) is 0 Å². The lowest BCUT2D eigenvalue weighted by Crippen LogP contribution is -1.96. The molecule has 0 saturated carbocycles. The third kappa shape index (κ3) is 4.39. The highest BCUT2D eigenvalue weighted by molar-refractivity contribution is 6.13. The lowest BCUT2D eigenvalue weighted by atomic mass is 10.0. The maximum absolute atomic E-state index is 6.42. The molecule has 0 amide bonds. The molecule has 0 spiro atoms. The van der Waals surface area contributed by atoms with Crippen molar-refractivity contribution in [2.75, 3.05) is 0 Å². The van der Waals surface area contributed by atoms with E-state index in [4.69, 9.17) is 9.15 Å². The number of pyridine rings is 1. The molecular formula is C47H29N3O2. The summed E-state index contributed by atoms with van der Waals surface area (Å²) in [5, 5.41) is 6.94. The lowest BCUT2D eigenvalue weighted by molar-refractivity contribution is 0.480. The molecule has 0 radical (unpaired) electrons. The van der Waals surface area contributed by atoms with Gasteiger partial charge in [-0.2, -0.15) is 0 Å². The first kappa shape index (κ1) is 28.7. The minimum Gasteiger partial charge on any atom is -0.456 e. The molecule has 7 aromatic carbocycles. The second-order valence-corrected chi connectivity index (χ2v) is 13.2. The molecule has 4 aromatic heterocycles. The number of hydrogen-bond donors (Lipinski definition) is 0. The Morgan fingerprint density at radius 1 is 0.385 bits per heavy atom. The Balaban J connectivity index is 1.01. The normalized spacial score (nSPS) is 11.8. The van der Waals surface area contributed by atoms with Gasteiger partial charge in [0.1, 0.15) is 22.7 Å². The van der Waals surface area contributed by atoms with E-state index in [2.05, 4.69) is 142 Å². The van der Waals surface area contributed by atoms with Gasteiger partial charge in [-0.05, 0) is 83.9 Å². The summed E-state index contributed by atoms with van der Waals surface area (Å²) >= 11 is 0. The Kier molecular flexibility index (Phi) is 6.18. The SMILES string of the molecule is c1ccc(-n2c3ccccc3c3cc(-c4ccc5c(c4)c4ccccc4n5-c4cncc(Oc5ccc6oc7ccccc7c6c5)c4)ccc32)cc1. The fraction of sp³-hybridized carbons (Fsp3) is 0. The third-order valence-corrected chi connectivity index (χ3v) is 10.2. The van der Waals surface area contributed by atoms with Gasteiger partial charge >= 0.3 is 0 Å². The molecule has 4 heterocycles. The van der Waals surface area contributed by atoms with Crippen LogP contribution >= 0.6 is 0 Å². The van der Waals surface area contributed by atoms with Crippen LogP contribution in [0.2, 0.25) is 0 Å². The largest absolute Gasteiger partial charge is 0.456 e. The van der Waals surface area contributed by atoms with Crippen LogP contribution in [0.5, 0.6) is 11.5 Å². The zero-order valence-corrected chi connectivity index (χ0v) is 27.9. The van der Waals surface area contributed by atoms with Crippen molar-refractivity contribution in [2.45, 2.75) is 0 Å². The zero-order chi connectivity index (χ0) is 34.2. The molecule has 0 N–H and O–H groups in total. The Morgan fingerprint density at radius 2 is 0.962 bits per heavy atom. The van der Waals surface area contributed by atoms with Crippen molar-refractivity contribution in [2.24, 2.45) is 0 Å². The molecule has 0 aliphatic carbocycles. The van der Waals surface area contributed by atoms with E-state index in [0.717, 1.165) is 50.1 Å². The summed E-state index contributed by atoms with van der Waals surface area (Å²) in [6, 6.07) is 57.5. The van der Waals surface area contributed by atoms with E-state index in [1.165, 1.54) is 43.7 Å². The second-order valence-electron chi connectivity index (χ2n) is 13.2. The van der Waals surface area contributed by atoms with Gasteiger partial charge in [0, 0.05) is 44.1 Å². The first-order valence-corrected chi connectivity index (χ1v) is 17.4. The molecule has 0 aliphatic rings. The Labute approximate surface area is 298 Å². The van der Waals surface area contributed by atoms with E-state index in [0.29, 0.717) is 5.75 Å². The maximum Gasteiger partial charge on any atom is 0.147 e. The molecule has 5 nitrogen and oxygen atoms in total. The smallest absolute Gasteiger partial charge is 0.147 e. The van der Waals surface area contributed by atoms with Crippen molar-refractivity contribution in [3.05, 3.63) is 176 Å². The van der Waals surface area contributed by atoms with Gasteiger partial charge in [0.15, 0.2) is 0 Å². The summed E-state index contributed by atoms with van der Waals surface area (Å²) in [6.45, 7) is 0. The van der Waals surface area contributed by atoms with Crippen LogP contribution in [0.15, 0.2) is 181 Å². The monoisotopic (exact) mass is 667 g/mol. The summed E-state index contributed by atoms with van der Waals surface area (Å²) in [5.74, 6) is 1.39. The van der Waals surface area contributed by atoms with E-state index in [9.17, 15) is 0 Å². The van der Waals surface area contributed by atoms with Crippen LogP contribution in [0.1, 0.15) is 0 Å². The molecule has 244 valence electrons. The van der Waals surface area contributed by atoms with Gasteiger partial charge < -0.3 is 18.3 Å². The molecule has 0 bridgehead atoms. The number of hydrogen-bond acceptors (Lipinski definition) is 3. The number of aromatic nitrogens is 3. The summed E-state index contributed by atoms with van der Waals surface area (Å²) in [7, 11) is 0. The number of furan rings is 1. The number of benzene rings is 7. The number of para-hydroxylation sites is 4. The van der Waals surface area contributed by atoms with Crippen LogP contribution in [0.4, 0.5) is 0 Å². The van der Waals surface area contributed by atoms with Gasteiger partial charge in [0.25, 0.3) is 0 Å². The molecule has 11 rings (SSSR count). The van der Waals surface area contributed by atoms with Gasteiger partial charge in [0.2, 0.25) is 0 Å². The average Bonchev–Trinajstić information content (AvgIpc) is 3.85. The summed E-state index contributed by atoms with van der Waals surface area (Å²) in [5.41, 5.74) is 10.8. The minimum atomic E-state index is 0.662. The summed E-state index contributed by atoms with van der Waals surface area (Å²) in [6.07, 6.45) is 3.66. The van der Waals surface area contributed by atoms with Crippen LogP contribution in [0, 0.1) is 0 Å².